The Bertz CT molecular complexity index is 994. The molecule has 2 atom stereocenters. The van der Waals surface area contributed by atoms with Gasteiger partial charge < -0.3 is 15.0 Å². The number of para-hydroxylation sites is 1. The van der Waals surface area contributed by atoms with E-state index in [2.05, 4.69) is 34.8 Å². The van der Waals surface area contributed by atoms with E-state index in [4.69, 9.17) is 0 Å². The van der Waals surface area contributed by atoms with Gasteiger partial charge in [0.2, 0.25) is 5.91 Å². The summed E-state index contributed by atoms with van der Waals surface area (Å²) >= 11 is 0. The highest BCUT2D eigenvalue weighted by Gasteiger charge is 2.34. The van der Waals surface area contributed by atoms with Crippen LogP contribution in [0.3, 0.4) is 0 Å². The molecular weight excluding hydrogens is 328 g/mol. The van der Waals surface area contributed by atoms with Crippen molar-refractivity contribution in [1.29, 1.82) is 0 Å². The van der Waals surface area contributed by atoms with Crippen molar-refractivity contribution >= 4 is 16.9 Å². The predicted octanol–water partition coefficient (Wildman–Crippen LogP) is 3.22. The summed E-state index contributed by atoms with van der Waals surface area (Å²) < 4.78 is 0. The standard InChI is InChI=1S/C20H20N4O2/c1-3-19(26)24-9-8-14(12(24)2)16-10-13-11-17(22-23-20(13)21-16)15-6-4-5-7-18(15)25/h3-7,10-12,14,25H,1,8-9H2,2H3,(H,21,23). The summed E-state index contributed by atoms with van der Waals surface area (Å²) in [6.45, 7) is 6.36. The highest BCUT2D eigenvalue weighted by atomic mass is 16.3. The Kier molecular flexibility index (Phi) is 3.95. The second-order valence-corrected chi connectivity index (χ2v) is 6.65. The van der Waals surface area contributed by atoms with Gasteiger partial charge in [-0.2, -0.15) is 0 Å². The minimum absolute atomic E-state index is 0.0299. The van der Waals surface area contributed by atoms with Crippen LogP contribution in [0.25, 0.3) is 22.3 Å². The first-order valence-electron chi connectivity index (χ1n) is 8.66. The van der Waals surface area contributed by atoms with Gasteiger partial charge >= 0.3 is 0 Å². The summed E-state index contributed by atoms with van der Waals surface area (Å²) in [7, 11) is 0. The summed E-state index contributed by atoms with van der Waals surface area (Å²) in [5.41, 5.74) is 3.04. The molecule has 1 aliphatic heterocycles. The molecule has 132 valence electrons. The number of rotatable bonds is 3. The number of phenols is 1. The first-order chi connectivity index (χ1) is 12.6. The number of nitrogens with one attached hydrogen (secondary N) is 1. The Morgan fingerprint density at radius 2 is 2.15 bits per heavy atom. The third-order valence-corrected chi connectivity index (χ3v) is 5.19. The fourth-order valence-corrected chi connectivity index (χ4v) is 3.76. The van der Waals surface area contributed by atoms with Crippen molar-refractivity contribution in [3.8, 4) is 17.0 Å². The molecule has 0 radical (unpaired) electrons. The molecule has 2 aromatic heterocycles. The van der Waals surface area contributed by atoms with Crippen molar-refractivity contribution in [2.75, 3.05) is 6.54 Å². The van der Waals surface area contributed by atoms with Gasteiger partial charge in [0.25, 0.3) is 0 Å². The van der Waals surface area contributed by atoms with Gasteiger partial charge in [-0.1, -0.05) is 18.7 Å². The quantitative estimate of drug-likeness (QED) is 0.712. The maximum atomic E-state index is 12.0. The number of benzene rings is 1. The highest BCUT2D eigenvalue weighted by molar-refractivity contribution is 5.87. The Morgan fingerprint density at radius 1 is 1.35 bits per heavy atom. The minimum Gasteiger partial charge on any atom is -0.507 e. The molecule has 1 saturated heterocycles. The second kappa shape index (κ2) is 6.29. The molecule has 1 aliphatic rings. The zero-order valence-electron chi connectivity index (χ0n) is 14.5. The van der Waals surface area contributed by atoms with Crippen LogP contribution in [0, 0.1) is 0 Å². The lowest BCUT2D eigenvalue weighted by atomic mass is 9.98. The predicted molar refractivity (Wildman–Crippen MR) is 99.7 cm³/mol. The van der Waals surface area contributed by atoms with Crippen molar-refractivity contribution in [1.82, 2.24) is 20.1 Å². The molecule has 3 heterocycles. The van der Waals surface area contributed by atoms with E-state index in [1.807, 2.05) is 23.1 Å². The lowest BCUT2D eigenvalue weighted by Gasteiger charge is -2.23. The van der Waals surface area contributed by atoms with Gasteiger partial charge in [0, 0.05) is 35.1 Å². The summed E-state index contributed by atoms with van der Waals surface area (Å²) in [6.07, 6.45) is 2.27. The number of carbonyl (C=O) groups excluding carboxylic acids is 1. The molecule has 0 saturated carbocycles. The third-order valence-electron chi connectivity index (χ3n) is 5.19. The van der Waals surface area contributed by atoms with Crippen LogP contribution in [0.2, 0.25) is 0 Å². The number of amides is 1. The summed E-state index contributed by atoms with van der Waals surface area (Å²) in [4.78, 5) is 17.1. The molecule has 3 aromatic rings. The topological polar surface area (TPSA) is 82.1 Å². The first-order valence-corrected chi connectivity index (χ1v) is 8.66. The fourth-order valence-electron chi connectivity index (χ4n) is 3.76. The largest absolute Gasteiger partial charge is 0.507 e. The van der Waals surface area contributed by atoms with Gasteiger partial charge in [-0.25, -0.2) is 0 Å². The number of carbonyl (C=O) groups is 1. The fraction of sp³-hybridized carbons (Fsp3) is 0.250. The first kappa shape index (κ1) is 16.3. The highest BCUT2D eigenvalue weighted by Crippen LogP contribution is 2.35. The Hall–Kier alpha value is -3.15. The Labute approximate surface area is 151 Å². The van der Waals surface area contributed by atoms with Gasteiger partial charge in [-0.05, 0) is 43.7 Å². The number of phenolic OH excluding ortho intramolecular Hbond substituents is 1. The van der Waals surface area contributed by atoms with Gasteiger partial charge in [0.05, 0.1) is 5.69 Å². The van der Waals surface area contributed by atoms with E-state index in [1.165, 1.54) is 6.08 Å². The summed E-state index contributed by atoms with van der Waals surface area (Å²) in [5.74, 6) is 0.374. The number of H-pyrrole nitrogens is 1. The normalized spacial score (nSPS) is 19.8. The van der Waals surface area contributed by atoms with Gasteiger partial charge in [0.1, 0.15) is 5.75 Å². The molecular formula is C20H20N4O2. The molecule has 0 aliphatic carbocycles. The second-order valence-electron chi connectivity index (χ2n) is 6.65. The van der Waals surface area contributed by atoms with Gasteiger partial charge in [0.15, 0.2) is 5.65 Å². The number of hydrogen-bond acceptors (Lipinski definition) is 4. The number of hydrogen-bond donors (Lipinski definition) is 2. The average Bonchev–Trinajstić information content (AvgIpc) is 3.24. The van der Waals surface area contributed by atoms with E-state index in [1.54, 1.807) is 12.1 Å². The zero-order valence-corrected chi connectivity index (χ0v) is 14.5. The van der Waals surface area contributed by atoms with Crippen LogP contribution in [0.4, 0.5) is 0 Å². The smallest absolute Gasteiger partial charge is 0.246 e. The van der Waals surface area contributed by atoms with Crippen LogP contribution >= 0.6 is 0 Å². The molecule has 6 heteroatoms. The Morgan fingerprint density at radius 3 is 2.92 bits per heavy atom. The molecule has 26 heavy (non-hydrogen) atoms. The van der Waals surface area contributed by atoms with Crippen molar-refractivity contribution in [3.63, 3.8) is 0 Å². The molecule has 1 amide bonds. The molecule has 1 fully saturated rings. The molecule has 2 N–H and O–H groups in total. The summed E-state index contributed by atoms with van der Waals surface area (Å²) in [6, 6.07) is 11.2. The average molecular weight is 348 g/mol. The van der Waals surface area contributed by atoms with Crippen LogP contribution in [-0.4, -0.2) is 43.7 Å². The van der Waals surface area contributed by atoms with Crippen LogP contribution in [0.15, 0.2) is 49.1 Å². The number of aromatic amines is 1. The van der Waals surface area contributed by atoms with Gasteiger partial charge in [-0.3, -0.25) is 4.79 Å². The van der Waals surface area contributed by atoms with Crippen molar-refractivity contribution in [3.05, 3.63) is 54.7 Å². The van der Waals surface area contributed by atoms with Crippen LogP contribution < -0.4 is 0 Å². The van der Waals surface area contributed by atoms with Crippen molar-refractivity contribution in [2.45, 2.75) is 25.3 Å². The van der Waals surface area contributed by atoms with Gasteiger partial charge in [-0.15, -0.1) is 10.2 Å². The number of aromatic nitrogens is 3. The van der Waals surface area contributed by atoms with E-state index < -0.39 is 0 Å². The van der Waals surface area contributed by atoms with E-state index in [-0.39, 0.29) is 23.6 Å². The molecule has 6 nitrogen and oxygen atoms in total. The zero-order chi connectivity index (χ0) is 18.3. The van der Waals surface area contributed by atoms with Crippen molar-refractivity contribution in [2.24, 2.45) is 0 Å². The van der Waals surface area contributed by atoms with Crippen LogP contribution in [-0.2, 0) is 4.79 Å². The molecule has 2 unspecified atom stereocenters. The van der Waals surface area contributed by atoms with E-state index in [0.717, 1.165) is 24.0 Å². The third kappa shape index (κ3) is 2.63. The van der Waals surface area contributed by atoms with E-state index in [0.29, 0.717) is 16.9 Å². The van der Waals surface area contributed by atoms with E-state index in [9.17, 15) is 9.90 Å². The lowest BCUT2D eigenvalue weighted by Crippen LogP contribution is -2.34. The number of aromatic hydroxyl groups is 1. The van der Waals surface area contributed by atoms with Crippen LogP contribution in [0.1, 0.15) is 25.0 Å². The molecule has 0 bridgehead atoms. The van der Waals surface area contributed by atoms with Crippen LogP contribution in [0.5, 0.6) is 5.75 Å². The maximum Gasteiger partial charge on any atom is 0.246 e. The van der Waals surface area contributed by atoms with Crippen molar-refractivity contribution < 1.29 is 9.90 Å². The molecule has 0 spiro atoms. The minimum atomic E-state index is -0.0299. The molecule has 1 aromatic carbocycles. The Balaban J connectivity index is 1.68. The summed E-state index contributed by atoms with van der Waals surface area (Å²) in [5, 5.41) is 19.5. The molecule has 4 rings (SSSR count). The number of likely N-dealkylation sites (tertiary alicyclic amines) is 1. The lowest BCUT2D eigenvalue weighted by molar-refractivity contribution is -0.126. The van der Waals surface area contributed by atoms with E-state index >= 15 is 0 Å². The monoisotopic (exact) mass is 348 g/mol. The number of fused-ring (bicyclic) bond motifs is 1. The SMILES string of the molecule is C=CC(=O)N1CCC(c2cc3cc(-c4ccccc4O)nnc3[nH]2)C1C. The maximum absolute atomic E-state index is 12.0. The number of nitrogens with zero attached hydrogens (tertiary/aromatic N) is 3.